The van der Waals surface area contributed by atoms with E-state index < -0.39 is 11.2 Å². The lowest BCUT2D eigenvalue weighted by atomic mass is 9.95. The molecule has 2 amide bonds. The number of carbonyl (C=O) groups is 1. The third-order valence-electron chi connectivity index (χ3n) is 12.6. The van der Waals surface area contributed by atoms with E-state index in [4.69, 9.17) is 26.3 Å². The van der Waals surface area contributed by atoms with Crippen LogP contribution in [-0.4, -0.2) is 112 Å². The number of halogens is 1. The van der Waals surface area contributed by atoms with Crippen molar-refractivity contribution in [3.63, 3.8) is 0 Å². The SMILES string of the molecule is COc1nc(-c2cccc(-c3cccc([N+](C)(C)c4nccc5c4c(=O)n(C)c(=O)n5C)c3C)c2Cl)cc2c1C(N1CCC3(CN(CCO)C(=O)N3C)C1)CC2. The number of pyridine rings is 2. The van der Waals surface area contributed by atoms with Gasteiger partial charge in [0.25, 0.3) is 5.56 Å². The van der Waals surface area contributed by atoms with Crippen molar-refractivity contribution in [1.82, 2.24) is 38.3 Å². The highest BCUT2D eigenvalue weighted by Crippen LogP contribution is 2.48. The molecule has 2 aliphatic heterocycles. The van der Waals surface area contributed by atoms with Gasteiger partial charge in [0.2, 0.25) is 11.7 Å². The van der Waals surface area contributed by atoms with E-state index in [1.165, 1.54) is 17.2 Å². The number of carbonyl (C=O) groups excluding carboxylic acids is 1. The molecule has 292 valence electrons. The van der Waals surface area contributed by atoms with Crippen LogP contribution in [0.2, 0.25) is 5.02 Å². The van der Waals surface area contributed by atoms with Gasteiger partial charge in [0.15, 0.2) is 0 Å². The topological polar surface area (TPSA) is 126 Å². The minimum atomic E-state index is -0.393. The van der Waals surface area contributed by atoms with Crippen molar-refractivity contribution in [3.8, 4) is 28.3 Å². The van der Waals surface area contributed by atoms with Crippen LogP contribution in [0.5, 0.6) is 5.88 Å². The van der Waals surface area contributed by atoms with Gasteiger partial charge in [-0.2, -0.15) is 0 Å². The summed E-state index contributed by atoms with van der Waals surface area (Å²) in [7, 11) is 10.7. The lowest BCUT2D eigenvalue weighted by molar-refractivity contribution is 0.162. The second-order valence-electron chi connectivity index (χ2n) is 15.9. The van der Waals surface area contributed by atoms with Gasteiger partial charge in [-0.15, -0.1) is 0 Å². The summed E-state index contributed by atoms with van der Waals surface area (Å²) in [6, 6.07) is 16.0. The molecular formula is C42H48ClN8O5+. The Morgan fingerprint density at radius 2 is 1.73 bits per heavy atom. The molecule has 3 aliphatic rings. The van der Waals surface area contributed by atoms with Crippen LogP contribution in [0.1, 0.15) is 35.6 Å². The largest absolute Gasteiger partial charge is 0.481 e. The maximum Gasteiger partial charge on any atom is 0.330 e. The van der Waals surface area contributed by atoms with Crippen LogP contribution < -0.4 is 20.5 Å². The first kappa shape index (κ1) is 37.8. The van der Waals surface area contributed by atoms with Crippen molar-refractivity contribution in [3.05, 3.63) is 97.3 Å². The third kappa shape index (κ3) is 5.66. The Kier molecular flexibility index (Phi) is 9.35. The number of quaternary nitrogens is 1. The van der Waals surface area contributed by atoms with E-state index in [9.17, 15) is 19.5 Å². The van der Waals surface area contributed by atoms with E-state index >= 15 is 0 Å². The molecule has 2 unspecified atom stereocenters. The Morgan fingerprint density at radius 1 is 1.00 bits per heavy atom. The number of likely N-dealkylation sites (N-methyl/N-ethyl adjacent to an activating group) is 1. The number of ether oxygens (including phenoxy) is 1. The van der Waals surface area contributed by atoms with Crippen LogP contribution >= 0.6 is 11.6 Å². The molecule has 8 rings (SSSR count). The predicted molar refractivity (Wildman–Crippen MR) is 219 cm³/mol. The number of benzene rings is 2. The molecule has 56 heavy (non-hydrogen) atoms. The van der Waals surface area contributed by atoms with Gasteiger partial charge >= 0.3 is 11.7 Å². The average molecular weight is 780 g/mol. The number of hydrogen-bond acceptors (Lipinski definition) is 8. The Bertz CT molecular complexity index is 2550. The molecule has 0 bridgehead atoms. The van der Waals surface area contributed by atoms with Crippen molar-refractivity contribution in [2.75, 3.05) is 61.0 Å². The normalized spacial score (nSPS) is 19.9. The molecule has 1 aliphatic carbocycles. The van der Waals surface area contributed by atoms with Crippen molar-refractivity contribution < 1.29 is 14.6 Å². The number of likely N-dealkylation sites (tertiary alicyclic amines) is 1. The van der Waals surface area contributed by atoms with Crippen LogP contribution in [0.3, 0.4) is 0 Å². The van der Waals surface area contributed by atoms with Crippen molar-refractivity contribution >= 4 is 40.0 Å². The number of nitrogens with zero attached hydrogens (tertiary/aromatic N) is 8. The molecule has 5 aromatic rings. The Morgan fingerprint density at radius 3 is 2.48 bits per heavy atom. The number of β-amino-alcohol motifs (C(OH)–C–C–N with tert-alkyl or cyclic N) is 1. The van der Waals surface area contributed by atoms with Gasteiger partial charge < -0.3 is 19.6 Å². The van der Waals surface area contributed by atoms with Crippen LogP contribution in [0.4, 0.5) is 16.3 Å². The molecule has 3 aromatic heterocycles. The summed E-state index contributed by atoms with van der Waals surface area (Å²) in [4.78, 5) is 55.2. The summed E-state index contributed by atoms with van der Waals surface area (Å²) in [5, 5.41) is 10.5. The molecule has 2 aromatic carbocycles. The Hall–Kier alpha value is -5.08. The minimum Gasteiger partial charge on any atom is -0.481 e. The highest BCUT2D eigenvalue weighted by molar-refractivity contribution is 6.36. The second-order valence-corrected chi connectivity index (χ2v) is 16.3. The fourth-order valence-corrected chi connectivity index (χ4v) is 9.87. The van der Waals surface area contributed by atoms with E-state index in [-0.39, 0.29) is 28.7 Å². The number of aliphatic hydroxyl groups is 1. The van der Waals surface area contributed by atoms with E-state index in [1.807, 2.05) is 62.4 Å². The van der Waals surface area contributed by atoms with Crippen molar-refractivity contribution in [1.29, 1.82) is 0 Å². The lowest BCUT2D eigenvalue weighted by Crippen LogP contribution is -2.47. The van der Waals surface area contributed by atoms with E-state index in [0.717, 1.165) is 76.1 Å². The summed E-state index contributed by atoms with van der Waals surface area (Å²) in [5.74, 6) is 1.12. The molecular weight excluding hydrogens is 732 g/mol. The Labute approximate surface area is 330 Å². The molecule has 0 saturated carbocycles. The first-order chi connectivity index (χ1) is 26.7. The molecule has 14 heteroatoms. The summed E-state index contributed by atoms with van der Waals surface area (Å²) in [5.41, 5.74) is 6.93. The quantitative estimate of drug-likeness (QED) is 0.218. The zero-order chi connectivity index (χ0) is 39.8. The molecule has 0 radical (unpaired) electrons. The smallest absolute Gasteiger partial charge is 0.330 e. The third-order valence-corrected chi connectivity index (χ3v) is 13.0. The monoisotopic (exact) mass is 779 g/mol. The standard InChI is InChI=1S/C42H48ClN8O5/c1-25-27(10-9-13-33(25)51(5,6)37-35-31(16-18-44-37)46(2)40(54)47(3)39(35)53)28-11-8-12-29(36(28)43)30-22-26-14-15-32(34(26)38(45-30)56-7)49-19-17-42(23-49)24-50(20-21-52)41(55)48(42)4/h8-13,16,18,22,32,52H,14-15,17,19-21,23-24H2,1-7H3/q+1. The fourth-order valence-electron chi connectivity index (χ4n) is 9.54. The molecule has 1 N–H and O–H groups in total. The summed E-state index contributed by atoms with van der Waals surface area (Å²) in [6.07, 6.45) is 4.30. The first-order valence-corrected chi connectivity index (χ1v) is 19.4. The summed E-state index contributed by atoms with van der Waals surface area (Å²) >= 11 is 7.35. The van der Waals surface area contributed by atoms with Gasteiger partial charge in [-0.05, 0) is 55.5 Å². The highest BCUT2D eigenvalue weighted by atomic mass is 35.5. The summed E-state index contributed by atoms with van der Waals surface area (Å²) in [6.45, 7) is 4.57. The number of rotatable bonds is 8. The van der Waals surface area contributed by atoms with Crippen LogP contribution in [-0.2, 0) is 20.5 Å². The number of urea groups is 1. The van der Waals surface area contributed by atoms with E-state index in [1.54, 1.807) is 31.3 Å². The van der Waals surface area contributed by atoms with Gasteiger partial charge in [0, 0.05) is 81.8 Å². The van der Waals surface area contributed by atoms with Gasteiger partial charge in [0.05, 0.1) is 49.6 Å². The number of fused-ring (bicyclic) bond motifs is 2. The van der Waals surface area contributed by atoms with Crippen molar-refractivity contribution in [2.45, 2.75) is 37.8 Å². The van der Waals surface area contributed by atoms with Crippen molar-refractivity contribution in [2.24, 2.45) is 14.1 Å². The number of aliphatic hydroxyl groups excluding tert-OH is 1. The van der Waals surface area contributed by atoms with Crippen LogP contribution in [0.25, 0.3) is 33.3 Å². The van der Waals surface area contributed by atoms with Gasteiger partial charge in [-0.3, -0.25) is 18.8 Å². The second kappa shape index (κ2) is 13.8. The molecule has 5 heterocycles. The maximum atomic E-state index is 13.5. The highest BCUT2D eigenvalue weighted by Gasteiger charge is 2.53. The number of aryl methyl sites for hydroxylation is 2. The number of hydrogen-bond donors (Lipinski definition) is 1. The predicted octanol–water partition coefficient (Wildman–Crippen LogP) is 5.02. The minimum absolute atomic E-state index is 0.0246. The molecule has 2 atom stereocenters. The maximum absolute atomic E-state index is 13.5. The van der Waals surface area contributed by atoms with Crippen LogP contribution in [0.15, 0.2) is 64.3 Å². The number of amides is 2. The van der Waals surface area contributed by atoms with Gasteiger partial charge in [0.1, 0.15) is 11.1 Å². The fraction of sp³-hybridized carbons (Fsp3) is 0.405. The lowest BCUT2D eigenvalue weighted by Gasteiger charge is -2.32. The first-order valence-electron chi connectivity index (χ1n) is 19.0. The zero-order valence-corrected chi connectivity index (χ0v) is 33.7. The molecule has 13 nitrogen and oxygen atoms in total. The Balaban J connectivity index is 1.14. The number of methoxy groups -OCH3 is 1. The summed E-state index contributed by atoms with van der Waals surface area (Å²) < 4.78 is 8.76. The van der Waals surface area contributed by atoms with E-state index in [0.29, 0.717) is 40.7 Å². The van der Waals surface area contributed by atoms with Gasteiger partial charge in [-0.25, -0.2) is 24.0 Å². The molecule has 2 saturated heterocycles. The average Bonchev–Trinajstić information content (AvgIpc) is 3.88. The zero-order valence-electron chi connectivity index (χ0n) is 33.0. The van der Waals surface area contributed by atoms with Crippen LogP contribution in [0, 0.1) is 6.92 Å². The van der Waals surface area contributed by atoms with Gasteiger partial charge in [-0.1, -0.05) is 41.9 Å². The molecule has 1 spiro atoms. The number of aromatic nitrogens is 4. The molecule has 2 fully saturated rings. The van der Waals surface area contributed by atoms with E-state index in [2.05, 4.69) is 17.9 Å².